The standard InChI is InChI=1S/C19H22O2/c1-14(2)19(20)12-16-8-10-18(11-9-16)21-13-17-6-4-15(3)5-7-17/h4-11,14H,12-13H2,1-3H3. The normalized spacial score (nSPS) is 10.7. The van der Waals surface area contributed by atoms with Gasteiger partial charge in [0, 0.05) is 12.3 Å². The number of aryl methyl sites for hydroxylation is 1. The maximum atomic E-state index is 11.7. The molecule has 0 heterocycles. The molecule has 0 amide bonds. The average Bonchev–Trinajstić information content (AvgIpc) is 2.48. The zero-order valence-electron chi connectivity index (χ0n) is 12.9. The van der Waals surface area contributed by atoms with Crippen LogP contribution < -0.4 is 4.74 Å². The number of rotatable bonds is 6. The molecule has 0 saturated carbocycles. The van der Waals surface area contributed by atoms with E-state index in [1.807, 2.05) is 38.1 Å². The molecule has 0 aliphatic heterocycles. The van der Waals surface area contributed by atoms with Gasteiger partial charge < -0.3 is 4.74 Å². The molecule has 2 aromatic rings. The van der Waals surface area contributed by atoms with E-state index in [4.69, 9.17) is 4.74 Å². The molecule has 0 atom stereocenters. The minimum absolute atomic E-state index is 0.0856. The van der Waals surface area contributed by atoms with Crippen molar-refractivity contribution < 1.29 is 9.53 Å². The first-order chi connectivity index (χ1) is 10.0. The Bertz CT molecular complexity index is 580. The fourth-order valence-corrected chi connectivity index (χ4v) is 1.96. The highest BCUT2D eigenvalue weighted by Gasteiger charge is 2.08. The fraction of sp³-hybridized carbons (Fsp3) is 0.316. The van der Waals surface area contributed by atoms with E-state index in [1.54, 1.807) is 0 Å². The van der Waals surface area contributed by atoms with Gasteiger partial charge in [-0.05, 0) is 30.2 Å². The molecule has 2 heteroatoms. The second kappa shape index (κ2) is 7.07. The summed E-state index contributed by atoms with van der Waals surface area (Å²) in [7, 11) is 0. The monoisotopic (exact) mass is 282 g/mol. The Labute approximate surface area is 126 Å². The van der Waals surface area contributed by atoms with Gasteiger partial charge in [-0.15, -0.1) is 0 Å². The molecular formula is C19H22O2. The summed E-state index contributed by atoms with van der Waals surface area (Å²) in [6, 6.07) is 16.1. The molecule has 2 aromatic carbocycles. The molecule has 0 aromatic heterocycles. The van der Waals surface area contributed by atoms with Crippen LogP contribution in [0.15, 0.2) is 48.5 Å². The lowest BCUT2D eigenvalue weighted by Crippen LogP contribution is -2.09. The van der Waals surface area contributed by atoms with Crippen LogP contribution in [0.1, 0.15) is 30.5 Å². The molecule has 0 radical (unpaired) electrons. The zero-order chi connectivity index (χ0) is 15.2. The molecule has 110 valence electrons. The van der Waals surface area contributed by atoms with Gasteiger partial charge in [0.05, 0.1) is 0 Å². The maximum absolute atomic E-state index is 11.7. The lowest BCUT2D eigenvalue weighted by Gasteiger charge is -2.08. The van der Waals surface area contributed by atoms with Crippen LogP contribution in [0.4, 0.5) is 0 Å². The van der Waals surface area contributed by atoms with E-state index >= 15 is 0 Å². The molecule has 0 unspecified atom stereocenters. The molecule has 2 nitrogen and oxygen atoms in total. The van der Waals surface area contributed by atoms with Gasteiger partial charge in [-0.2, -0.15) is 0 Å². The van der Waals surface area contributed by atoms with Gasteiger partial charge in [0.15, 0.2) is 0 Å². The molecule has 2 rings (SSSR count). The van der Waals surface area contributed by atoms with Crippen molar-refractivity contribution >= 4 is 5.78 Å². The first-order valence-corrected chi connectivity index (χ1v) is 7.34. The van der Waals surface area contributed by atoms with Gasteiger partial charge in [0.1, 0.15) is 18.1 Å². The molecule has 0 N–H and O–H groups in total. The van der Waals surface area contributed by atoms with Crippen molar-refractivity contribution in [2.45, 2.75) is 33.8 Å². The Morgan fingerprint density at radius 2 is 1.52 bits per heavy atom. The number of carbonyl (C=O) groups is 1. The molecule has 0 bridgehead atoms. The SMILES string of the molecule is Cc1ccc(COc2ccc(CC(=O)C(C)C)cc2)cc1. The summed E-state index contributed by atoms with van der Waals surface area (Å²) >= 11 is 0. The molecule has 0 saturated heterocycles. The van der Waals surface area contributed by atoms with Crippen LogP contribution in [-0.4, -0.2) is 5.78 Å². The first kappa shape index (κ1) is 15.3. The van der Waals surface area contributed by atoms with Crippen LogP contribution in [-0.2, 0) is 17.8 Å². The Hall–Kier alpha value is -2.09. The van der Waals surface area contributed by atoms with E-state index in [1.165, 1.54) is 5.56 Å². The smallest absolute Gasteiger partial charge is 0.139 e. The number of hydrogen-bond donors (Lipinski definition) is 0. The quantitative estimate of drug-likeness (QED) is 0.787. The van der Waals surface area contributed by atoms with Crippen LogP contribution in [0.3, 0.4) is 0 Å². The van der Waals surface area contributed by atoms with Gasteiger partial charge in [-0.1, -0.05) is 55.8 Å². The lowest BCUT2D eigenvalue weighted by atomic mass is 10.0. The van der Waals surface area contributed by atoms with Crippen molar-refractivity contribution in [2.75, 3.05) is 0 Å². The first-order valence-electron chi connectivity index (χ1n) is 7.34. The second-order valence-corrected chi connectivity index (χ2v) is 5.72. The van der Waals surface area contributed by atoms with Crippen LogP contribution in [0.25, 0.3) is 0 Å². The summed E-state index contributed by atoms with van der Waals surface area (Å²) in [5, 5.41) is 0. The van der Waals surface area contributed by atoms with E-state index in [2.05, 4.69) is 31.2 Å². The third-order valence-electron chi connectivity index (χ3n) is 3.47. The fourth-order valence-electron chi connectivity index (χ4n) is 1.96. The van der Waals surface area contributed by atoms with Gasteiger partial charge >= 0.3 is 0 Å². The number of hydrogen-bond acceptors (Lipinski definition) is 2. The third-order valence-corrected chi connectivity index (χ3v) is 3.47. The molecule has 0 aliphatic carbocycles. The van der Waals surface area contributed by atoms with E-state index in [-0.39, 0.29) is 11.7 Å². The highest BCUT2D eigenvalue weighted by atomic mass is 16.5. The topological polar surface area (TPSA) is 26.3 Å². The Kier molecular flexibility index (Phi) is 5.15. The van der Waals surface area contributed by atoms with Crippen LogP contribution in [0, 0.1) is 12.8 Å². The van der Waals surface area contributed by atoms with Gasteiger partial charge in [0.2, 0.25) is 0 Å². The number of ketones is 1. The van der Waals surface area contributed by atoms with Crippen LogP contribution in [0.5, 0.6) is 5.75 Å². The van der Waals surface area contributed by atoms with Crippen molar-refractivity contribution in [1.29, 1.82) is 0 Å². The van der Waals surface area contributed by atoms with E-state index in [0.717, 1.165) is 16.9 Å². The largest absolute Gasteiger partial charge is 0.489 e. The highest BCUT2D eigenvalue weighted by Crippen LogP contribution is 2.16. The van der Waals surface area contributed by atoms with Gasteiger partial charge in [-0.3, -0.25) is 4.79 Å². The Morgan fingerprint density at radius 3 is 2.10 bits per heavy atom. The zero-order valence-corrected chi connectivity index (χ0v) is 12.9. The van der Waals surface area contributed by atoms with Gasteiger partial charge in [-0.25, -0.2) is 0 Å². The summed E-state index contributed by atoms with van der Waals surface area (Å²) in [4.78, 5) is 11.7. The average molecular weight is 282 g/mol. The Morgan fingerprint density at radius 1 is 0.952 bits per heavy atom. The highest BCUT2D eigenvalue weighted by molar-refractivity contribution is 5.82. The number of Topliss-reactive ketones (excluding diaryl/α,β-unsaturated/α-hetero) is 1. The maximum Gasteiger partial charge on any atom is 0.139 e. The molecule has 0 fully saturated rings. The predicted octanol–water partition coefficient (Wildman–Crippen LogP) is 4.34. The Balaban J connectivity index is 1.90. The van der Waals surface area contributed by atoms with E-state index in [9.17, 15) is 4.79 Å². The minimum Gasteiger partial charge on any atom is -0.489 e. The van der Waals surface area contributed by atoms with E-state index < -0.39 is 0 Å². The lowest BCUT2D eigenvalue weighted by molar-refractivity contribution is -0.121. The summed E-state index contributed by atoms with van der Waals surface area (Å²) in [5.74, 6) is 1.18. The summed E-state index contributed by atoms with van der Waals surface area (Å²) in [6.07, 6.45) is 0.496. The van der Waals surface area contributed by atoms with Crippen LogP contribution >= 0.6 is 0 Å². The van der Waals surface area contributed by atoms with Crippen molar-refractivity contribution in [3.63, 3.8) is 0 Å². The van der Waals surface area contributed by atoms with Gasteiger partial charge in [0.25, 0.3) is 0 Å². The van der Waals surface area contributed by atoms with Crippen LogP contribution in [0.2, 0.25) is 0 Å². The molecule has 0 aliphatic rings. The van der Waals surface area contributed by atoms with Crippen molar-refractivity contribution in [2.24, 2.45) is 5.92 Å². The third kappa shape index (κ3) is 4.75. The second-order valence-electron chi connectivity index (χ2n) is 5.72. The molecule has 21 heavy (non-hydrogen) atoms. The molecule has 0 spiro atoms. The number of benzene rings is 2. The summed E-state index contributed by atoms with van der Waals surface area (Å²) < 4.78 is 5.75. The summed E-state index contributed by atoms with van der Waals surface area (Å²) in [5.41, 5.74) is 3.44. The van der Waals surface area contributed by atoms with Crippen molar-refractivity contribution in [1.82, 2.24) is 0 Å². The van der Waals surface area contributed by atoms with Crippen molar-refractivity contribution in [3.05, 3.63) is 65.2 Å². The minimum atomic E-state index is 0.0856. The number of carbonyl (C=O) groups excluding carboxylic acids is 1. The predicted molar refractivity (Wildman–Crippen MR) is 85.5 cm³/mol. The van der Waals surface area contributed by atoms with E-state index in [0.29, 0.717) is 13.0 Å². The van der Waals surface area contributed by atoms with Crippen molar-refractivity contribution in [3.8, 4) is 5.75 Å². The number of ether oxygens (including phenoxy) is 1. The summed E-state index contributed by atoms with van der Waals surface area (Å²) in [6.45, 7) is 6.50. The molecular weight excluding hydrogens is 260 g/mol.